The first-order valence-corrected chi connectivity index (χ1v) is 2.63. The first-order valence-electron chi connectivity index (χ1n) is 2.63. The molecule has 44 valence electrons. The zero-order chi connectivity index (χ0) is 6.53. The predicted octanol–water partition coefficient (Wildman–Crippen LogP) is 1.07. The first kappa shape index (κ1) is 5.64. The van der Waals surface area contributed by atoms with Gasteiger partial charge < -0.3 is 5.32 Å². The van der Waals surface area contributed by atoms with Gasteiger partial charge in [0, 0.05) is 18.0 Å². The van der Waals surface area contributed by atoms with Gasteiger partial charge in [0.2, 0.25) is 0 Å². The molecule has 0 bridgehead atoms. The lowest BCUT2D eigenvalue weighted by atomic mass is 10.3. The summed E-state index contributed by atoms with van der Waals surface area (Å²) in [6.07, 6.45) is 8.82. The molecule has 1 N–H and O–H groups in total. The highest BCUT2D eigenvalue weighted by atomic mass is 14.8. The Morgan fingerprint density at radius 3 is 3.00 bits per heavy atom. The third-order valence-corrected chi connectivity index (χ3v) is 0.953. The van der Waals surface area contributed by atoms with E-state index in [4.69, 9.17) is 5.26 Å². The van der Waals surface area contributed by atoms with Gasteiger partial charge in [0.25, 0.3) is 0 Å². The average Bonchev–Trinajstić information content (AvgIpc) is 1.91. The van der Waals surface area contributed by atoms with Crippen LogP contribution in [0, 0.1) is 11.3 Å². The Morgan fingerprint density at radius 2 is 2.44 bits per heavy atom. The summed E-state index contributed by atoms with van der Waals surface area (Å²) in [5, 5.41) is 11.1. The average molecular weight is 118 g/mol. The Bertz CT molecular complexity index is 216. The second-order valence-corrected chi connectivity index (χ2v) is 1.59. The molecule has 2 heteroatoms. The van der Waals surface area contributed by atoms with Crippen molar-refractivity contribution in [3.63, 3.8) is 0 Å². The summed E-state index contributed by atoms with van der Waals surface area (Å²) >= 11 is 0. The van der Waals surface area contributed by atoms with Gasteiger partial charge in [0.1, 0.15) is 0 Å². The van der Waals surface area contributed by atoms with Gasteiger partial charge in [0.15, 0.2) is 0 Å². The number of rotatable bonds is 0. The third-order valence-electron chi connectivity index (χ3n) is 0.953. The maximum Gasteiger partial charge on any atom is 0.0933 e. The summed E-state index contributed by atoms with van der Waals surface area (Å²) < 4.78 is 0. The Morgan fingerprint density at radius 1 is 1.56 bits per heavy atom. The molecular weight excluding hydrogens is 112 g/mol. The molecule has 0 fully saturated rings. The van der Waals surface area contributed by atoms with E-state index in [0.29, 0.717) is 0 Å². The number of nitrogens with one attached hydrogen (secondary N) is 1. The minimum absolute atomic E-state index is 0.833. The van der Waals surface area contributed by atoms with Crippen molar-refractivity contribution in [1.29, 1.82) is 5.26 Å². The SMILES string of the molecule is N#C/C=C1/C=CC=CN1. The van der Waals surface area contributed by atoms with Crippen LogP contribution in [0.5, 0.6) is 0 Å². The molecule has 2 nitrogen and oxygen atoms in total. The van der Waals surface area contributed by atoms with Gasteiger partial charge in [-0.2, -0.15) is 5.26 Å². The van der Waals surface area contributed by atoms with E-state index < -0.39 is 0 Å². The van der Waals surface area contributed by atoms with Crippen LogP contribution in [0.4, 0.5) is 0 Å². The summed E-state index contributed by atoms with van der Waals surface area (Å²) in [6, 6.07) is 1.93. The van der Waals surface area contributed by atoms with Gasteiger partial charge in [-0.05, 0) is 12.2 Å². The number of dihydropyridines is 1. The molecule has 0 aromatic rings. The molecular formula is C7H6N2. The van der Waals surface area contributed by atoms with Crippen LogP contribution in [0.1, 0.15) is 0 Å². The van der Waals surface area contributed by atoms with Crippen LogP contribution < -0.4 is 5.32 Å². The van der Waals surface area contributed by atoms with Crippen molar-refractivity contribution in [3.8, 4) is 6.07 Å². The molecule has 0 unspecified atom stereocenters. The highest BCUT2D eigenvalue weighted by molar-refractivity contribution is 5.30. The Balaban J connectivity index is 2.69. The number of hydrogen-bond acceptors (Lipinski definition) is 2. The molecule has 1 heterocycles. The van der Waals surface area contributed by atoms with Crippen LogP contribution in [-0.4, -0.2) is 0 Å². The fraction of sp³-hybridized carbons (Fsp3) is 0. The summed E-state index contributed by atoms with van der Waals surface area (Å²) in [6.45, 7) is 0. The van der Waals surface area contributed by atoms with Gasteiger partial charge in [0.05, 0.1) is 6.07 Å². The highest BCUT2D eigenvalue weighted by Gasteiger charge is 1.87. The molecule has 9 heavy (non-hydrogen) atoms. The zero-order valence-corrected chi connectivity index (χ0v) is 4.83. The van der Waals surface area contributed by atoms with Crippen molar-refractivity contribution in [1.82, 2.24) is 5.32 Å². The van der Waals surface area contributed by atoms with Crippen LogP contribution in [-0.2, 0) is 0 Å². The van der Waals surface area contributed by atoms with Gasteiger partial charge in [-0.1, -0.05) is 6.08 Å². The van der Waals surface area contributed by atoms with Crippen LogP contribution in [0.25, 0.3) is 0 Å². The van der Waals surface area contributed by atoms with Crippen LogP contribution in [0.15, 0.2) is 36.2 Å². The molecule has 1 aliphatic rings. The van der Waals surface area contributed by atoms with Gasteiger partial charge >= 0.3 is 0 Å². The number of nitriles is 1. The molecule has 0 saturated heterocycles. The van der Waals surface area contributed by atoms with Crippen molar-refractivity contribution in [2.75, 3.05) is 0 Å². The molecule has 0 saturated carbocycles. The predicted molar refractivity (Wildman–Crippen MR) is 35.1 cm³/mol. The maximum absolute atomic E-state index is 8.19. The number of nitrogens with zero attached hydrogens (tertiary/aromatic N) is 1. The monoisotopic (exact) mass is 118 g/mol. The summed E-state index contributed by atoms with van der Waals surface area (Å²) in [5.74, 6) is 0. The lowest BCUT2D eigenvalue weighted by molar-refractivity contribution is 1.10. The van der Waals surface area contributed by atoms with Gasteiger partial charge in [-0.3, -0.25) is 0 Å². The van der Waals surface area contributed by atoms with Crippen molar-refractivity contribution >= 4 is 0 Å². The molecule has 0 amide bonds. The minimum Gasteiger partial charge on any atom is -0.361 e. The van der Waals surface area contributed by atoms with E-state index in [-0.39, 0.29) is 0 Å². The molecule has 0 aromatic heterocycles. The first-order chi connectivity index (χ1) is 4.43. The van der Waals surface area contributed by atoms with Gasteiger partial charge in [-0.15, -0.1) is 0 Å². The van der Waals surface area contributed by atoms with E-state index >= 15 is 0 Å². The second-order valence-electron chi connectivity index (χ2n) is 1.59. The van der Waals surface area contributed by atoms with Crippen LogP contribution >= 0.6 is 0 Å². The van der Waals surface area contributed by atoms with E-state index in [1.807, 2.05) is 24.3 Å². The molecule has 0 atom stereocenters. The zero-order valence-electron chi connectivity index (χ0n) is 4.83. The second kappa shape index (κ2) is 2.73. The standard InChI is InChI=1S/C7H6N2/c8-5-4-7-3-1-2-6-9-7/h1-4,6,9H/b7-4-. The van der Waals surface area contributed by atoms with Crippen molar-refractivity contribution in [2.45, 2.75) is 0 Å². The van der Waals surface area contributed by atoms with E-state index in [1.165, 1.54) is 6.08 Å². The largest absolute Gasteiger partial charge is 0.361 e. The molecule has 1 aliphatic heterocycles. The summed E-state index contributed by atoms with van der Waals surface area (Å²) in [7, 11) is 0. The normalized spacial score (nSPS) is 19.2. The summed E-state index contributed by atoms with van der Waals surface area (Å²) in [5.41, 5.74) is 0.833. The van der Waals surface area contributed by atoms with Gasteiger partial charge in [-0.25, -0.2) is 0 Å². The fourth-order valence-corrected chi connectivity index (χ4v) is 0.567. The Kier molecular flexibility index (Phi) is 1.71. The number of hydrogen-bond donors (Lipinski definition) is 1. The number of allylic oxidation sites excluding steroid dienone is 4. The minimum atomic E-state index is 0.833. The fourth-order valence-electron chi connectivity index (χ4n) is 0.567. The highest BCUT2D eigenvalue weighted by Crippen LogP contribution is 1.95. The maximum atomic E-state index is 8.19. The molecule has 0 radical (unpaired) electrons. The lowest BCUT2D eigenvalue weighted by Crippen LogP contribution is -2.03. The molecule has 0 spiro atoms. The van der Waals surface area contributed by atoms with Crippen molar-refractivity contribution < 1.29 is 0 Å². The van der Waals surface area contributed by atoms with E-state index in [1.54, 1.807) is 6.20 Å². The van der Waals surface area contributed by atoms with Crippen molar-refractivity contribution in [2.24, 2.45) is 0 Å². The Hall–Kier alpha value is -1.49. The third kappa shape index (κ3) is 1.46. The quantitative estimate of drug-likeness (QED) is 0.483. The Labute approximate surface area is 53.8 Å². The lowest BCUT2D eigenvalue weighted by Gasteiger charge is -2.00. The smallest absolute Gasteiger partial charge is 0.0933 e. The van der Waals surface area contributed by atoms with Crippen LogP contribution in [0.2, 0.25) is 0 Å². The van der Waals surface area contributed by atoms with Crippen molar-refractivity contribution in [3.05, 3.63) is 36.2 Å². The van der Waals surface area contributed by atoms with E-state index in [0.717, 1.165) is 5.70 Å². The van der Waals surface area contributed by atoms with Crippen LogP contribution in [0.3, 0.4) is 0 Å². The molecule has 0 aliphatic carbocycles. The summed E-state index contributed by atoms with van der Waals surface area (Å²) in [4.78, 5) is 0. The topological polar surface area (TPSA) is 35.8 Å². The molecule has 1 rings (SSSR count). The molecule has 0 aromatic carbocycles. The van der Waals surface area contributed by atoms with E-state index in [2.05, 4.69) is 5.32 Å². The van der Waals surface area contributed by atoms with E-state index in [9.17, 15) is 0 Å².